The second kappa shape index (κ2) is 7.18. The Hall–Kier alpha value is -3.20. The van der Waals surface area contributed by atoms with E-state index < -0.39 is 11.7 Å². The number of nitrogens with one attached hydrogen (secondary N) is 1. The SMILES string of the molecule is CC(=O)N(CC(=O)Nc1ccc(C#N)cc1)c1ccc(F)cc1. The zero-order chi connectivity index (χ0) is 16.8. The van der Waals surface area contributed by atoms with Gasteiger partial charge in [0.1, 0.15) is 12.4 Å². The van der Waals surface area contributed by atoms with Gasteiger partial charge in [-0.2, -0.15) is 5.26 Å². The Labute approximate surface area is 133 Å². The minimum Gasteiger partial charge on any atom is -0.325 e. The molecular weight excluding hydrogens is 297 g/mol. The fraction of sp³-hybridized carbons (Fsp3) is 0.118. The topological polar surface area (TPSA) is 73.2 Å². The predicted molar refractivity (Wildman–Crippen MR) is 84.2 cm³/mol. The first-order valence-electron chi connectivity index (χ1n) is 6.83. The Morgan fingerprint density at radius 1 is 1.13 bits per heavy atom. The number of halogens is 1. The largest absolute Gasteiger partial charge is 0.325 e. The summed E-state index contributed by atoms with van der Waals surface area (Å²) in [6.45, 7) is 1.14. The zero-order valence-corrected chi connectivity index (χ0v) is 12.4. The van der Waals surface area contributed by atoms with Crippen LogP contribution >= 0.6 is 0 Å². The molecule has 0 aliphatic rings. The Balaban J connectivity index is 2.07. The number of nitriles is 1. The average Bonchev–Trinajstić information content (AvgIpc) is 2.54. The van der Waals surface area contributed by atoms with E-state index in [0.717, 1.165) is 0 Å². The van der Waals surface area contributed by atoms with Crippen LogP contribution in [0, 0.1) is 17.1 Å². The zero-order valence-electron chi connectivity index (χ0n) is 12.4. The van der Waals surface area contributed by atoms with Crippen molar-refractivity contribution >= 4 is 23.2 Å². The van der Waals surface area contributed by atoms with Crippen LogP contribution in [0.1, 0.15) is 12.5 Å². The average molecular weight is 311 g/mol. The van der Waals surface area contributed by atoms with Gasteiger partial charge in [-0.05, 0) is 48.5 Å². The third-order valence-electron chi connectivity index (χ3n) is 3.12. The molecule has 0 atom stereocenters. The third kappa shape index (κ3) is 4.38. The number of carbonyl (C=O) groups is 2. The van der Waals surface area contributed by atoms with Crippen LogP contribution in [-0.2, 0) is 9.59 Å². The highest BCUT2D eigenvalue weighted by atomic mass is 19.1. The fourth-order valence-corrected chi connectivity index (χ4v) is 1.98. The molecule has 2 aromatic rings. The summed E-state index contributed by atoms with van der Waals surface area (Å²) >= 11 is 0. The molecule has 5 nitrogen and oxygen atoms in total. The molecule has 0 spiro atoms. The van der Waals surface area contributed by atoms with E-state index in [0.29, 0.717) is 16.9 Å². The van der Waals surface area contributed by atoms with Gasteiger partial charge in [0.2, 0.25) is 11.8 Å². The van der Waals surface area contributed by atoms with E-state index in [2.05, 4.69) is 5.32 Å². The number of carbonyl (C=O) groups excluding carboxylic acids is 2. The van der Waals surface area contributed by atoms with Gasteiger partial charge < -0.3 is 10.2 Å². The molecular formula is C17H14FN3O2. The molecule has 23 heavy (non-hydrogen) atoms. The highest BCUT2D eigenvalue weighted by molar-refractivity contribution is 6.01. The van der Waals surface area contributed by atoms with Crippen LogP contribution in [0.25, 0.3) is 0 Å². The lowest BCUT2D eigenvalue weighted by atomic mass is 10.2. The lowest BCUT2D eigenvalue weighted by Crippen LogP contribution is -2.36. The van der Waals surface area contributed by atoms with Gasteiger partial charge in [-0.25, -0.2) is 4.39 Å². The van der Waals surface area contributed by atoms with Gasteiger partial charge in [-0.15, -0.1) is 0 Å². The summed E-state index contributed by atoms with van der Waals surface area (Å²) in [5, 5.41) is 11.4. The summed E-state index contributed by atoms with van der Waals surface area (Å²) < 4.78 is 13.0. The molecule has 0 radical (unpaired) electrons. The first kappa shape index (κ1) is 16.2. The molecule has 0 saturated heterocycles. The molecule has 116 valence electrons. The van der Waals surface area contributed by atoms with E-state index in [1.165, 1.54) is 36.1 Å². The minimum absolute atomic E-state index is 0.193. The van der Waals surface area contributed by atoms with Crippen LogP contribution < -0.4 is 10.2 Å². The Morgan fingerprint density at radius 3 is 2.26 bits per heavy atom. The maximum absolute atomic E-state index is 13.0. The van der Waals surface area contributed by atoms with E-state index in [1.807, 2.05) is 6.07 Å². The maximum atomic E-state index is 13.0. The fourth-order valence-electron chi connectivity index (χ4n) is 1.98. The molecule has 2 rings (SSSR count). The molecule has 0 aliphatic carbocycles. The predicted octanol–water partition coefficient (Wildman–Crippen LogP) is 2.69. The van der Waals surface area contributed by atoms with Crippen molar-refractivity contribution in [3.8, 4) is 6.07 Å². The molecule has 1 N–H and O–H groups in total. The summed E-state index contributed by atoms with van der Waals surface area (Å²) in [6.07, 6.45) is 0. The minimum atomic E-state index is -0.417. The van der Waals surface area contributed by atoms with Gasteiger partial charge in [0.05, 0.1) is 11.6 Å². The first-order chi connectivity index (χ1) is 11.0. The first-order valence-corrected chi connectivity index (χ1v) is 6.83. The molecule has 0 fully saturated rings. The monoisotopic (exact) mass is 311 g/mol. The number of hydrogen-bond donors (Lipinski definition) is 1. The van der Waals surface area contributed by atoms with E-state index >= 15 is 0 Å². The van der Waals surface area contributed by atoms with Crippen molar-refractivity contribution < 1.29 is 14.0 Å². The van der Waals surface area contributed by atoms with Crippen LogP contribution in [0.4, 0.5) is 15.8 Å². The molecule has 6 heteroatoms. The third-order valence-corrected chi connectivity index (χ3v) is 3.12. The van der Waals surface area contributed by atoms with E-state index in [1.54, 1.807) is 24.3 Å². The molecule has 0 heterocycles. The van der Waals surface area contributed by atoms with Crippen molar-refractivity contribution in [2.75, 3.05) is 16.8 Å². The van der Waals surface area contributed by atoms with Crippen LogP contribution in [0.5, 0.6) is 0 Å². The number of amides is 2. The molecule has 0 aromatic heterocycles. The Kier molecular flexibility index (Phi) is 5.05. The summed E-state index contributed by atoms with van der Waals surface area (Å²) in [4.78, 5) is 25.0. The molecule has 0 saturated carbocycles. The number of rotatable bonds is 4. The molecule has 0 unspecified atom stereocenters. The van der Waals surface area contributed by atoms with Gasteiger partial charge >= 0.3 is 0 Å². The maximum Gasteiger partial charge on any atom is 0.244 e. The smallest absolute Gasteiger partial charge is 0.244 e. The van der Waals surface area contributed by atoms with Crippen LogP contribution in [0.3, 0.4) is 0 Å². The van der Waals surface area contributed by atoms with Crippen molar-refractivity contribution in [2.24, 2.45) is 0 Å². The normalized spacial score (nSPS) is 9.78. The van der Waals surface area contributed by atoms with Crippen LogP contribution in [0.2, 0.25) is 0 Å². The molecule has 0 bridgehead atoms. The number of benzene rings is 2. The van der Waals surface area contributed by atoms with Crippen LogP contribution in [0.15, 0.2) is 48.5 Å². The number of anilines is 2. The molecule has 2 aromatic carbocycles. The summed E-state index contributed by atoms with van der Waals surface area (Å²) in [7, 11) is 0. The highest BCUT2D eigenvalue weighted by Gasteiger charge is 2.16. The number of nitrogens with zero attached hydrogens (tertiary/aromatic N) is 2. The quantitative estimate of drug-likeness (QED) is 0.943. The van der Waals surface area contributed by atoms with Crippen molar-refractivity contribution in [2.45, 2.75) is 6.92 Å². The summed E-state index contributed by atoms with van der Waals surface area (Å²) in [6, 6.07) is 13.7. The summed E-state index contributed by atoms with van der Waals surface area (Å²) in [5.41, 5.74) is 1.45. The van der Waals surface area contributed by atoms with Gasteiger partial charge in [0.15, 0.2) is 0 Å². The Bertz CT molecular complexity index is 749. The van der Waals surface area contributed by atoms with Crippen molar-refractivity contribution in [1.29, 1.82) is 5.26 Å². The van der Waals surface area contributed by atoms with Gasteiger partial charge in [0.25, 0.3) is 0 Å². The lowest BCUT2D eigenvalue weighted by molar-refractivity contribution is -0.120. The summed E-state index contributed by atoms with van der Waals surface area (Å²) in [5.74, 6) is -1.14. The van der Waals surface area contributed by atoms with Crippen molar-refractivity contribution in [3.63, 3.8) is 0 Å². The van der Waals surface area contributed by atoms with Crippen molar-refractivity contribution in [1.82, 2.24) is 0 Å². The lowest BCUT2D eigenvalue weighted by Gasteiger charge is -2.20. The van der Waals surface area contributed by atoms with Gasteiger partial charge in [-0.1, -0.05) is 0 Å². The second-order valence-electron chi connectivity index (χ2n) is 4.82. The van der Waals surface area contributed by atoms with Gasteiger partial charge in [-0.3, -0.25) is 9.59 Å². The standard InChI is InChI=1S/C17H14FN3O2/c1-12(22)21(16-8-4-14(18)5-9-16)11-17(23)20-15-6-2-13(10-19)3-7-15/h2-9H,11H2,1H3,(H,20,23). The van der Waals surface area contributed by atoms with Crippen molar-refractivity contribution in [3.05, 3.63) is 59.9 Å². The van der Waals surface area contributed by atoms with Gasteiger partial charge in [0, 0.05) is 18.3 Å². The van der Waals surface area contributed by atoms with Crippen LogP contribution in [-0.4, -0.2) is 18.4 Å². The highest BCUT2D eigenvalue weighted by Crippen LogP contribution is 2.15. The van der Waals surface area contributed by atoms with E-state index in [4.69, 9.17) is 5.26 Å². The Morgan fingerprint density at radius 2 is 1.74 bits per heavy atom. The molecule has 0 aliphatic heterocycles. The van der Waals surface area contributed by atoms with E-state index in [9.17, 15) is 14.0 Å². The van der Waals surface area contributed by atoms with E-state index in [-0.39, 0.29) is 12.5 Å². The molecule has 2 amide bonds. The number of hydrogen-bond acceptors (Lipinski definition) is 3. The second-order valence-corrected chi connectivity index (χ2v) is 4.82.